The number of ether oxygens (including phenoxy) is 3. The van der Waals surface area contributed by atoms with E-state index in [1.807, 2.05) is 0 Å². The number of carbonyl (C=O) groups excluding carboxylic acids is 3. The highest BCUT2D eigenvalue weighted by molar-refractivity contribution is 5.71. The molecule has 0 aliphatic rings. The molecule has 1 atom stereocenters. The van der Waals surface area contributed by atoms with E-state index in [-0.39, 0.29) is 37.5 Å². The second-order valence-corrected chi connectivity index (χ2v) is 22.4. The van der Waals surface area contributed by atoms with Gasteiger partial charge in [-0.15, -0.1) is 0 Å². The van der Waals surface area contributed by atoms with E-state index in [9.17, 15) is 14.4 Å². The molecular formula is C70H126O6. The highest BCUT2D eigenvalue weighted by atomic mass is 16.6. The van der Waals surface area contributed by atoms with Crippen molar-refractivity contribution < 1.29 is 28.6 Å². The van der Waals surface area contributed by atoms with Gasteiger partial charge >= 0.3 is 17.9 Å². The molecule has 442 valence electrons. The summed E-state index contributed by atoms with van der Waals surface area (Å²) in [5.41, 5.74) is 0. The van der Waals surface area contributed by atoms with E-state index in [2.05, 4.69) is 81.5 Å². The lowest BCUT2D eigenvalue weighted by Gasteiger charge is -2.18. The lowest BCUT2D eigenvalue weighted by Crippen LogP contribution is -2.30. The number of esters is 3. The van der Waals surface area contributed by atoms with Gasteiger partial charge < -0.3 is 14.2 Å². The van der Waals surface area contributed by atoms with Gasteiger partial charge in [-0.25, -0.2) is 0 Å². The average Bonchev–Trinajstić information content (AvgIpc) is 3.42. The van der Waals surface area contributed by atoms with Crippen LogP contribution in [0.4, 0.5) is 0 Å². The third-order valence-electron chi connectivity index (χ3n) is 14.8. The van der Waals surface area contributed by atoms with E-state index >= 15 is 0 Å². The molecule has 0 aromatic carbocycles. The lowest BCUT2D eigenvalue weighted by atomic mass is 10.0. The maximum Gasteiger partial charge on any atom is 0.306 e. The van der Waals surface area contributed by atoms with Gasteiger partial charge in [-0.1, -0.05) is 306 Å². The first kappa shape index (κ1) is 73.1. The highest BCUT2D eigenvalue weighted by Gasteiger charge is 2.19. The van der Waals surface area contributed by atoms with E-state index in [0.717, 1.165) is 77.0 Å². The molecule has 0 aliphatic carbocycles. The van der Waals surface area contributed by atoms with Crippen molar-refractivity contribution in [3.8, 4) is 0 Å². The second kappa shape index (κ2) is 64.6. The molecule has 0 bridgehead atoms. The van der Waals surface area contributed by atoms with Crippen LogP contribution >= 0.6 is 0 Å². The van der Waals surface area contributed by atoms with Crippen LogP contribution in [0, 0.1) is 0 Å². The molecule has 0 aliphatic heterocycles. The number of hydrogen-bond donors (Lipinski definition) is 0. The molecule has 0 saturated carbocycles. The fourth-order valence-corrected chi connectivity index (χ4v) is 9.79. The minimum absolute atomic E-state index is 0.0868. The van der Waals surface area contributed by atoms with E-state index in [1.54, 1.807) is 0 Å². The van der Waals surface area contributed by atoms with Crippen LogP contribution in [0.25, 0.3) is 0 Å². The predicted octanol–water partition coefficient (Wildman–Crippen LogP) is 22.7. The third kappa shape index (κ3) is 62.0. The molecule has 76 heavy (non-hydrogen) atoms. The van der Waals surface area contributed by atoms with Gasteiger partial charge in [-0.05, 0) is 83.5 Å². The summed E-state index contributed by atoms with van der Waals surface area (Å²) < 4.78 is 16.9. The standard InChI is InChI=1S/C70H126O6/c1-4-7-10-13-16-19-22-25-28-29-30-31-32-33-34-35-36-37-38-39-40-41-43-45-48-51-54-57-60-63-69(72)75-66-67(65-74-68(71)62-59-56-53-50-47-44-27-24-21-18-15-12-9-6-3)76-70(73)64-61-58-55-52-49-46-42-26-23-20-17-14-11-8-5-2/h8,11,17,20,26,29-30,42,49,52,67H,4-7,9-10,12-16,18-19,21-25,27-28,31-41,43-48,50-51,53-66H2,1-3H3/b11-8-,20-17-,30-29-,42-26-,52-49-. The lowest BCUT2D eigenvalue weighted by molar-refractivity contribution is -0.167. The molecule has 6 nitrogen and oxygen atoms in total. The Morgan fingerprint density at radius 1 is 0.276 bits per heavy atom. The molecule has 6 heteroatoms. The molecule has 0 aromatic heterocycles. The predicted molar refractivity (Wildman–Crippen MR) is 330 cm³/mol. The van der Waals surface area contributed by atoms with E-state index in [0.29, 0.717) is 19.3 Å². The summed E-state index contributed by atoms with van der Waals surface area (Å²) >= 11 is 0. The van der Waals surface area contributed by atoms with Crippen LogP contribution < -0.4 is 0 Å². The molecule has 0 fully saturated rings. The van der Waals surface area contributed by atoms with Crippen LogP contribution in [0.1, 0.15) is 348 Å². The van der Waals surface area contributed by atoms with E-state index in [4.69, 9.17) is 14.2 Å². The minimum Gasteiger partial charge on any atom is -0.462 e. The van der Waals surface area contributed by atoms with Crippen molar-refractivity contribution in [2.75, 3.05) is 13.2 Å². The first-order valence-corrected chi connectivity index (χ1v) is 33.3. The Kier molecular flexibility index (Phi) is 62.2. The van der Waals surface area contributed by atoms with Crippen molar-refractivity contribution in [3.05, 3.63) is 60.8 Å². The zero-order valence-electron chi connectivity index (χ0n) is 50.8. The molecule has 0 rings (SSSR count). The third-order valence-corrected chi connectivity index (χ3v) is 14.8. The normalized spacial score (nSPS) is 12.4. The van der Waals surface area contributed by atoms with Crippen LogP contribution in [0.15, 0.2) is 60.8 Å². The van der Waals surface area contributed by atoms with Gasteiger partial charge in [0.15, 0.2) is 6.10 Å². The average molecular weight is 1060 g/mol. The molecule has 0 heterocycles. The largest absolute Gasteiger partial charge is 0.462 e. The molecule has 1 unspecified atom stereocenters. The highest BCUT2D eigenvalue weighted by Crippen LogP contribution is 2.18. The fourth-order valence-electron chi connectivity index (χ4n) is 9.79. The SMILES string of the molecule is CC/C=C\C/C=C\C/C=C\C/C=C\CCCCC(=O)OC(COC(=O)CCCCCCCCCCCCCCCC)COC(=O)CCCCCCCCCCCCCCCCCCC/C=C\CCCCCCCCCC. The van der Waals surface area contributed by atoms with E-state index in [1.165, 1.54) is 225 Å². The molecule has 0 spiro atoms. The molecule has 0 aromatic rings. The van der Waals surface area contributed by atoms with Gasteiger partial charge in [0, 0.05) is 19.3 Å². The van der Waals surface area contributed by atoms with Crippen LogP contribution in [-0.4, -0.2) is 37.2 Å². The maximum absolute atomic E-state index is 12.9. The van der Waals surface area contributed by atoms with Crippen molar-refractivity contribution in [1.82, 2.24) is 0 Å². The first-order chi connectivity index (χ1) is 37.5. The minimum atomic E-state index is -0.794. The Labute approximate surface area is 472 Å². The zero-order valence-corrected chi connectivity index (χ0v) is 50.8. The van der Waals surface area contributed by atoms with Gasteiger partial charge in [0.1, 0.15) is 13.2 Å². The quantitative estimate of drug-likeness (QED) is 0.0261. The number of unbranched alkanes of at least 4 members (excludes halogenated alkanes) is 40. The van der Waals surface area contributed by atoms with Crippen molar-refractivity contribution in [2.24, 2.45) is 0 Å². The van der Waals surface area contributed by atoms with Crippen LogP contribution in [0.5, 0.6) is 0 Å². The number of hydrogen-bond acceptors (Lipinski definition) is 6. The second-order valence-electron chi connectivity index (χ2n) is 22.4. The van der Waals surface area contributed by atoms with Crippen molar-refractivity contribution in [1.29, 1.82) is 0 Å². The fraction of sp³-hybridized carbons (Fsp3) is 0.814. The van der Waals surface area contributed by atoms with Crippen molar-refractivity contribution in [2.45, 2.75) is 354 Å². The Bertz CT molecular complexity index is 1360. The summed E-state index contributed by atoms with van der Waals surface area (Å²) in [5, 5.41) is 0. The van der Waals surface area contributed by atoms with Crippen LogP contribution in [-0.2, 0) is 28.6 Å². The zero-order chi connectivity index (χ0) is 55.0. The molecule has 0 amide bonds. The summed E-state index contributed by atoms with van der Waals surface area (Å²) in [6.07, 6.45) is 82.5. The van der Waals surface area contributed by atoms with Gasteiger partial charge in [-0.2, -0.15) is 0 Å². The first-order valence-electron chi connectivity index (χ1n) is 33.3. The Hall–Kier alpha value is -2.89. The van der Waals surface area contributed by atoms with Gasteiger partial charge in [0.25, 0.3) is 0 Å². The Morgan fingerprint density at radius 2 is 0.513 bits per heavy atom. The number of rotatable bonds is 61. The summed E-state index contributed by atoms with van der Waals surface area (Å²) in [4.78, 5) is 38.3. The number of carbonyl (C=O) groups is 3. The van der Waals surface area contributed by atoms with E-state index < -0.39 is 6.10 Å². The van der Waals surface area contributed by atoms with Crippen molar-refractivity contribution >= 4 is 17.9 Å². The summed E-state index contributed by atoms with van der Waals surface area (Å²) in [6.45, 7) is 6.54. The topological polar surface area (TPSA) is 78.9 Å². The molecule has 0 N–H and O–H groups in total. The monoisotopic (exact) mass is 1060 g/mol. The maximum atomic E-state index is 12.9. The summed E-state index contributed by atoms with van der Waals surface area (Å²) in [7, 11) is 0. The smallest absolute Gasteiger partial charge is 0.306 e. The molecular weight excluding hydrogens is 937 g/mol. The van der Waals surface area contributed by atoms with Crippen LogP contribution in [0.3, 0.4) is 0 Å². The molecule has 0 radical (unpaired) electrons. The Morgan fingerprint density at radius 3 is 0.842 bits per heavy atom. The van der Waals surface area contributed by atoms with Gasteiger partial charge in [0.05, 0.1) is 0 Å². The van der Waals surface area contributed by atoms with Crippen LogP contribution in [0.2, 0.25) is 0 Å². The van der Waals surface area contributed by atoms with Gasteiger partial charge in [0.2, 0.25) is 0 Å². The Balaban J connectivity index is 4.21. The number of allylic oxidation sites excluding steroid dienone is 10. The summed E-state index contributed by atoms with van der Waals surface area (Å²) in [5.74, 6) is -0.909. The molecule has 0 saturated heterocycles. The van der Waals surface area contributed by atoms with Crippen molar-refractivity contribution in [3.63, 3.8) is 0 Å². The van der Waals surface area contributed by atoms with Gasteiger partial charge in [-0.3, -0.25) is 14.4 Å². The summed E-state index contributed by atoms with van der Waals surface area (Å²) in [6, 6.07) is 0.